The van der Waals surface area contributed by atoms with Crippen molar-refractivity contribution in [3.63, 3.8) is 0 Å². The Kier molecular flexibility index (Phi) is 4.86. The molecule has 0 aromatic heterocycles. The van der Waals surface area contributed by atoms with Crippen LogP contribution in [0.3, 0.4) is 0 Å². The van der Waals surface area contributed by atoms with E-state index in [1.54, 1.807) is 6.07 Å². The normalized spacial score (nSPS) is 18.3. The number of hydrogen-bond donors (Lipinski definition) is 1. The molecule has 1 atom stereocenters. The number of benzene rings is 1. The first-order valence-electron chi connectivity index (χ1n) is 7.22. The van der Waals surface area contributed by atoms with Crippen LogP contribution >= 0.6 is 0 Å². The number of carbonyl (C=O) groups excluding carboxylic acids is 1. The third-order valence-electron chi connectivity index (χ3n) is 4.05. The maximum absolute atomic E-state index is 14.2. The zero-order valence-electron chi connectivity index (χ0n) is 11.7. The Morgan fingerprint density at radius 2 is 1.90 bits per heavy atom. The van der Waals surface area contributed by atoms with Gasteiger partial charge in [-0.3, -0.25) is 4.79 Å². The van der Waals surface area contributed by atoms with Crippen LogP contribution < -0.4 is 0 Å². The topological polar surface area (TPSA) is 37.3 Å². The summed E-state index contributed by atoms with van der Waals surface area (Å²) in [5.74, 6) is -1.71. The average Bonchev–Trinajstić information content (AvgIpc) is 2.43. The highest BCUT2D eigenvalue weighted by molar-refractivity contribution is 5.79. The minimum absolute atomic E-state index is 0.0278. The second-order valence-electron chi connectivity index (χ2n) is 5.49. The maximum atomic E-state index is 14.2. The molecule has 0 heterocycles. The van der Waals surface area contributed by atoms with Gasteiger partial charge in [0.15, 0.2) is 11.6 Å². The molecule has 0 radical (unpaired) electrons. The van der Waals surface area contributed by atoms with Crippen LogP contribution in [0.1, 0.15) is 68.6 Å². The summed E-state index contributed by atoms with van der Waals surface area (Å²) in [6, 6.07) is 3.04. The predicted molar refractivity (Wildman–Crippen MR) is 72.4 cm³/mol. The van der Waals surface area contributed by atoms with Crippen LogP contribution in [-0.2, 0) is 4.79 Å². The fourth-order valence-corrected chi connectivity index (χ4v) is 2.83. The number of hydrogen-bond acceptors (Lipinski definition) is 2. The molecule has 110 valence electrons. The summed E-state index contributed by atoms with van der Waals surface area (Å²) >= 11 is 0. The van der Waals surface area contributed by atoms with Crippen molar-refractivity contribution in [2.75, 3.05) is 0 Å². The van der Waals surface area contributed by atoms with Gasteiger partial charge in [-0.1, -0.05) is 25.5 Å². The lowest BCUT2D eigenvalue weighted by Crippen LogP contribution is -2.15. The Bertz CT molecular complexity index is 489. The highest BCUT2D eigenvalue weighted by atomic mass is 19.2. The van der Waals surface area contributed by atoms with Gasteiger partial charge in [-0.15, -0.1) is 0 Å². The molecule has 2 rings (SSSR count). The number of ketones is 1. The summed E-state index contributed by atoms with van der Waals surface area (Å²) < 4.78 is 28.2. The molecule has 1 unspecified atom stereocenters. The summed E-state index contributed by atoms with van der Waals surface area (Å²) in [5, 5.41) is 9.81. The van der Waals surface area contributed by atoms with Gasteiger partial charge in [-0.2, -0.15) is 0 Å². The minimum Gasteiger partial charge on any atom is -0.388 e. The van der Waals surface area contributed by atoms with Gasteiger partial charge < -0.3 is 5.11 Å². The molecule has 0 saturated heterocycles. The van der Waals surface area contributed by atoms with E-state index in [2.05, 4.69) is 0 Å². The monoisotopic (exact) mass is 282 g/mol. The van der Waals surface area contributed by atoms with Crippen molar-refractivity contribution in [2.45, 2.75) is 57.5 Å². The van der Waals surface area contributed by atoms with E-state index in [-0.39, 0.29) is 17.3 Å². The molecule has 2 nitrogen and oxygen atoms in total. The third kappa shape index (κ3) is 3.06. The predicted octanol–water partition coefficient (Wildman–Crippen LogP) is 4.03. The second-order valence-corrected chi connectivity index (χ2v) is 5.49. The first kappa shape index (κ1) is 15.1. The average molecular weight is 282 g/mol. The Hall–Kier alpha value is -1.29. The van der Waals surface area contributed by atoms with Crippen LogP contribution in [0.25, 0.3) is 0 Å². The van der Waals surface area contributed by atoms with Crippen LogP contribution in [0.2, 0.25) is 0 Å². The molecule has 0 amide bonds. The highest BCUT2D eigenvalue weighted by Crippen LogP contribution is 2.35. The smallest absolute Gasteiger partial charge is 0.164 e. The zero-order chi connectivity index (χ0) is 14.7. The fourth-order valence-electron chi connectivity index (χ4n) is 2.83. The Labute approximate surface area is 117 Å². The van der Waals surface area contributed by atoms with E-state index in [0.29, 0.717) is 44.1 Å². The summed E-state index contributed by atoms with van der Waals surface area (Å²) in [7, 11) is 0. The number of Topliss-reactive ketones (excluding diaryl/α,β-unsaturated/α-hetero) is 1. The van der Waals surface area contributed by atoms with Gasteiger partial charge >= 0.3 is 0 Å². The van der Waals surface area contributed by atoms with Crippen molar-refractivity contribution < 1.29 is 18.7 Å². The number of carbonyl (C=O) groups is 1. The standard InChI is InChI=1S/C16H20F2O2/c1-2-3-14(20)13-9-8-12(15(17)16(13)18)10-4-6-11(19)7-5-10/h8-10,14,20H,2-7H2,1H3. The van der Waals surface area contributed by atoms with Crippen molar-refractivity contribution in [3.05, 3.63) is 34.9 Å². The molecule has 1 aliphatic carbocycles. The number of rotatable bonds is 4. The van der Waals surface area contributed by atoms with Crippen molar-refractivity contribution >= 4 is 5.78 Å². The first-order valence-corrected chi connectivity index (χ1v) is 7.22. The van der Waals surface area contributed by atoms with E-state index in [1.807, 2.05) is 6.92 Å². The zero-order valence-corrected chi connectivity index (χ0v) is 11.7. The Morgan fingerprint density at radius 3 is 2.50 bits per heavy atom. The fraction of sp³-hybridized carbons (Fsp3) is 0.562. The van der Waals surface area contributed by atoms with Crippen LogP contribution in [0.4, 0.5) is 8.78 Å². The van der Waals surface area contributed by atoms with E-state index in [9.17, 15) is 18.7 Å². The molecule has 0 bridgehead atoms. The molecule has 4 heteroatoms. The molecule has 1 aromatic carbocycles. The molecular weight excluding hydrogens is 262 g/mol. The number of aliphatic hydroxyl groups excluding tert-OH is 1. The van der Waals surface area contributed by atoms with E-state index >= 15 is 0 Å². The minimum atomic E-state index is -0.962. The second kappa shape index (κ2) is 6.44. The van der Waals surface area contributed by atoms with Crippen LogP contribution in [0.15, 0.2) is 12.1 Å². The highest BCUT2D eigenvalue weighted by Gasteiger charge is 2.26. The molecule has 1 fully saturated rings. The van der Waals surface area contributed by atoms with Crippen LogP contribution in [0, 0.1) is 11.6 Å². The van der Waals surface area contributed by atoms with Gasteiger partial charge in [-0.25, -0.2) is 8.78 Å². The summed E-state index contributed by atoms with van der Waals surface area (Å²) in [5.41, 5.74) is 0.363. The van der Waals surface area contributed by atoms with Gasteiger partial charge in [0.1, 0.15) is 5.78 Å². The van der Waals surface area contributed by atoms with E-state index in [4.69, 9.17) is 0 Å². The van der Waals surface area contributed by atoms with Crippen molar-refractivity contribution in [1.82, 2.24) is 0 Å². The SMILES string of the molecule is CCCC(O)c1ccc(C2CCC(=O)CC2)c(F)c1F. The van der Waals surface area contributed by atoms with Crippen LogP contribution in [0.5, 0.6) is 0 Å². The summed E-state index contributed by atoms with van der Waals surface area (Å²) in [4.78, 5) is 11.2. The van der Waals surface area contributed by atoms with Crippen molar-refractivity contribution in [2.24, 2.45) is 0 Å². The molecule has 1 aliphatic rings. The molecule has 1 saturated carbocycles. The molecular formula is C16H20F2O2. The molecule has 0 spiro atoms. The number of halogens is 2. The third-order valence-corrected chi connectivity index (χ3v) is 4.05. The largest absolute Gasteiger partial charge is 0.388 e. The van der Waals surface area contributed by atoms with E-state index in [1.165, 1.54) is 6.07 Å². The Morgan fingerprint density at radius 1 is 1.25 bits per heavy atom. The van der Waals surface area contributed by atoms with Crippen LogP contribution in [-0.4, -0.2) is 10.9 Å². The van der Waals surface area contributed by atoms with Crippen molar-refractivity contribution in [3.8, 4) is 0 Å². The summed E-state index contributed by atoms with van der Waals surface area (Å²) in [6.07, 6.45) is 2.18. The maximum Gasteiger partial charge on any atom is 0.164 e. The lowest BCUT2D eigenvalue weighted by Gasteiger charge is -2.23. The van der Waals surface area contributed by atoms with Gasteiger partial charge in [0.2, 0.25) is 0 Å². The van der Waals surface area contributed by atoms with E-state index in [0.717, 1.165) is 0 Å². The van der Waals surface area contributed by atoms with E-state index < -0.39 is 17.7 Å². The molecule has 1 N–H and O–H groups in total. The quantitative estimate of drug-likeness (QED) is 0.905. The molecule has 0 aliphatic heterocycles. The molecule has 1 aromatic rings. The van der Waals surface area contributed by atoms with Gasteiger partial charge in [0.05, 0.1) is 6.10 Å². The van der Waals surface area contributed by atoms with Gasteiger partial charge in [0, 0.05) is 18.4 Å². The Balaban J connectivity index is 2.24. The molecule has 20 heavy (non-hydrogen) atoms. The van der Waals surface area contributed by atoms with Crippen molar-refractivity contribution in [1.29, 1.82) is 0 Å². The lowest BCUT2D eigenvalue weighted by atomic mass is 9.82. The first-order chi connectivity index (χ1) is 9.54. The number of aliphatic hydroxyl groups is 1. The lowest BCUT2D eigenvalue weighted by molar-refractivity contribution is -0.120. The van der Waals surface area contributed by atoms with Gasteiger partial charge in [0.25, 0.3) is 0 Å². The van der Waals surface area contributed by atoms with Gasteiger partial charge in [-0.05, 0) is 30.7 Å². The summed E-state index contributed by atoms with van der Waals surface area (Å²) in [6.45, 7) is 1.88.